The highest BCUT2D eigenvalue weighted by molar-refractivity contribution is 5.25. The van der Waals surface area contributed by atoms with Crippen molar-refractivity contribution >= 4 is 0 Å². The summed E-state index contributed by atoms with van der Waals surface area (Å²) in [7, 11) is 0. The number of benzene rings is 1. The van der Waals surface area contributed by atoms with Gasteiger partial charge < -0.3 is 4.98 Å². The Morgan fingerprint density at radius 3 is 2.67 bits per heavy atom. The smallest absolute Gasteiger partial charge is 0.347 e. The van der Waals surface area contributed by atoms with Crippen molar-refractivity contribution in [3.63, 3.8) is 0 Å². The van der Waals surface area contributed by atoms with Crippen LogP contribution in [0, 0.1) is 5.82 Å². The molecule has 0 aliphatic carbocycles. The van der Waals surface area contributed by atoms with E-state index in [1.54, 1.807) is 24.5 Å². The molecule has 2 heterocycles. The highest BCUT2D eigenvalue weighted by atomic mass is 19.4. The van der Waals surface area contributed by atoms with E-state index in [-0.39, 0.29) is 17.9 Å². The van der Waals surface area contributed by atoms with E-state index < -0.39 is 12.7 Å². The minimum Gasteiger partial charge on any atom is -0.347 e. The first-order valence-electron chi connectivity index (χ1n) is 7.70. The zero-order valence-electron chi connectivity index (χ0n) is 12.9. The molecule has 8 heteroatoms. The Morgan fingerprint density at radius 1 is 1.29 bits per heavy atom. The maximum absolute atomic E-state index is 13.1. The van der Waals surface area contributed by atoms with E-state index in [0.717, 1.165) is 5.56 Å². The number of aromatic amines is 1. The summed E-state index contributed by atoms with van der Waals surface area (Å²) in [4.78, 5) is 8.63. The third-order valence-corrected chi connectivity index (χ3v) is 4.07. The Kier molecular flexibility index (Phi) is 4.86. The molecular weight excluding hydrogens is 324 g/mol. The van der Waals surface area contributed by atoms with E-state index in [1.165, 1.54) is 17.0 Å². The van der Waals surface area contributed by atoms with Crippen molar-refractivity contribution in [3.05, 3.63) is 53.9 Å². The number of halogens is 4. The molecule has 1 aliphatic heterocycles. The normalized spacial score (nSPS) is 20.4. The fraction of sp³-hybridized carbons (Fsp3) is 0.438. The molecule has 1 aromatic heterocycles. The van der Waals surface area contributed by atoms with Crippen LogP contribution in [0.2, 0.25) is 0 Å². The van der Waals surface area contributed by atoms with Gasteiger partial charge >= 0.3 is 6.18 Å². The lowest BCUT2D eigenvalue weighted by atomic mass is 10.0. The van der Waals surface area contributed by atoms with E-state index in [9.17, 15) is 17.6 Å². The van der Waals surface area contributed by atoms with Gasteiger partial charge in [-0.1, -0.05) is 12.1 Å². The first-order chi connectivity index (χ1) is 11.4. The first kappa shape index (κ1) is 16.9. The molecule has 2 atom stereocenters. The second-order valence-corrected chi connectivity index (χ2v) is 5.96. The first-order valence-corrected chi connectivity index (χ1v) is 7.70. The van der Waals surface area contributed by atoms with Crippen LogP contribution in [0.5, 0.6) is 0 Å². The van der Waals surface area contributed by atoms with Crippen molar-refractivity contribution in [3.8, 4) is 0 Å². The molecule has 24 heavy (non-hydrogen) atoms. The maximum atomic E-state index is 13.1. The average Bonchev–Trinajstić information content (AvgIpc) is 3.16. The summed E-state index contributed by atoms with van der Waals surface area (Å²) >= 11 is 0. The number of alkyl halides is 3. The zero-order valence-corrected chi connectivity index (χ0v) is 12.9. The van der Waals surface area contributed by atoms with E-state index in [1.807, 2.05) is 0 Å². The summed E-state index contributed by atoms with van der Waals surface area (Å²) in [5, 5.41) is 3.34. The van der Waals surface area contributed by atoms with Gasteiger partial charge in [0.05, 0.1) is 12.6 Å². The third-order valence-electron chi connectivity index (χ3n) is 4.07. The summed E-state index contributed by atoms with van der Waals surface area (Å²) in [5.41, 5.74) is 0.806. The molecule has 0 bridgehead atoms. The standard InChI is InChI=1S/C16H18F4N4/c17-12-3-1-11(2-4-12)14(15-21-6-7-22-15)23-13-5-8-24(9-13)10-16(18,19)20/h1-4,6-7,13-14,23H,5,8-10H2,(H,21,22). The van der Waals surface area contributed by atoms with Gasteiger partial charge in [0.25, 0.3) is 0 Å². The molecule has 0 spiro atoms. The highest BCUT2D eigenvalue weighted by Gasteiger charge is 2.35. The fourth-order valence-corrected chi connectivity index (χ4v) is 3.03. The lowest BCUT2D eigenvalue weighted by Crippen LogP contribution is -2.38. The number of nitrogens with one attached hydrogen (secondary N) is 2. The van der Waals surface area contributed by atoms with E-state index in [2.05, 4.69) is 15.3 Å². The molecule has 0 saturated carbocycles. The van der Waals surface area contributed by atoms with Gasteiger partial charge in [-0.25, -0.2) is 9.37 Å². The summed E-state index contributed by atoms with van der Waals surface area (Å²) in [6, 6.07) is 5.61. The van der Waals surface area contributed by atoms with Gasteiger partial charge in [-0.15, -0.1) is 0 Å². The molecule has 1 aromatic carbocycles. The van der Waals surface area contributed by atoms with Crippen LogP contribution >= 0.6 is 0 Å². The molecule has 2 N–H and O–H groups in total. The summed E-state index contributed by atoms with van der Waals surface area (Å²) in [5.74, 6) is 0.310. The van der Waals surface area contributed by atoms with Gasteiger partial charge in [-0.3, -0.25) is 10.2 Å². The quantitative estimate of drug-likeness (QED) is 0.822. The van der Waals surface area contributed by atoms with Gasteiger partial charge in [0.1, 0.15) is 11.6 Å². The minimum absolute atomic E-state index is 0.0903. The van der Waals surface area contributed by atoms with E-state index in [0.29, 0.717) is 25.3 Å². The van der Waals surface area contributed by atoms with Crippen LogP contribution in [-0.2, 0) is 0 Å². The second-order valence-electron chi connectivity index (χ2n) is 5.96. The lowest BCUT2D eigenvalue weighted by molar-refractivity contribution is -0.143. The fourth-order valence-electron chi connectivity index (χ4n) is 3.03. The Bertz CT molecular complexity index is 639. The van der Waals surface area contributed by atoms with Crippen LogP contribution in [-0.4, -0.2) is 46.7 Å². The molecule has 1 fully saturated rings. The number of hydrogen-bond donors (Lipinski definition) is 2. The molecule has 2 aromatic rings. The average molecular weight is 342 g/mol. The van der Waals surface area contributed by atoms with Crippen molar-refractivity contribution in [2.45, 2.75) is 24.7 Å². The summed E-state index contributed by atoms with van der Waals surface area (Å²) in [6.07, 6.45) is -0.281. The van der Waals surface area contributed by atoms with Crippen LogP contribution in [0.25, 0.3) is 0 Å². The molecule has 1 saturated heterocycles. The Hall–Kier alpha value is -1.93. The van der Waals surface area contributed by atoms with Gasteiger partial charge in [-0.05, 0) is 24.1 Å². The Balaban J connectivity index is 1.70. The Labute approximate surface area is 136 Å². The zero-order chi connectivity index (χ0) is 17.2. The SMILES string of the molecule is Fc1ccc(C(NC2CCN(CC(F)(F)F)C2)c2ncc[nH]2)cc1. The minimum atomic E-state index is -4.19. The molecule has 2 unspecified atom stereocenters. The third kappa shape index (κ3) is 4.33. The molecule has 3 rings (SSSR count). The van der Waals surface area contributed by atoms with E-state index in [4.69, 9.17) is 0 Å². The second kappa shape index (κ2) is 6.90. The number of nitrogens with zero attached hydrogens (tertiary/aromatic N) is 2. The predicted molar refractivity (Wildman–Crippen MR) is 80.9 cm³/mol. The Morgan fingerprint density at radius 2 is 2.04 bits per heavy atom. The van der Waals surface area contributed by atoms with Crippen LogP contribution in [0.1, 0.15) is 23.9 Å². The number of H-pyrrole nitrogens is 1. The molecule has 130 valence electrons. The molecule has 4 nitrogen and oxygen atoms in total. The number of rotatable bonds is 5. The van der Waals surface area contributed by atoms with Crippen LogP contribution in [0.15, 0.2) is 36.7 Å². The van der Waals surface area contributed by atoms with Crippen molar-refractivity contribution in [1.82, 2.24) is 20.2 Å². The van der Waals surface area contributed by atoms with Gasteiger partial charge in [0.15, 0.2) is 0 Å². The topological polar surface area (TPSA) is 44.0 Å². The predicted octanol–water partition coefficient (Wildman–Crippen LogP) is 2.86. The molecule has 0 amide bonds. The number of likely N-dealkylation sites (tertiary alicyclic amines) is 1. The van der Waals surface area contributed by atoms with Crippen molar-refractivity contribution in [1.29, 1.82) is 0 Å². The van der Waals surface area contributed by atoms with Gasteiger partial charge in [0, 0.05) is 31.5 Å². The number of imidazole rings is 1. The van der Waals surface area contributed by atoms with Gasteiger partial charge in [0.2, 0.25) is 0 Å². The van der Waals surface area contributed by atoms with Gasteiger partial charge in [-0.2, -0.15) is 13.2 Å². The van der Waals surface area contributed by atoms with Crippen LogP contribution in [0.4, 0.5) is 17.6 Å². The summed E-state index contributed by atoms with van der Waals surface area (Å²) < 4.78 is 50.7. The highest BCUT2D eigenvalue weighted by Crippen LogP contribution is 2.24. The largest absolute Gasteiger partial charge is 0.401 e. The number of hydrogen-bond acceptors (Lipinski definition) is 3. The van der Waals surface area contributed by atoms with Crippen LogP contribution < -0.4 is 5.32 Å². The van der Waals surface area contributed by atoms with Crippen molar-refractivity contribution in [2.75, 3.05) is 19.6 Å². The summed E-state index contributed by atoms with van der Waals surface area (Å²) in [6.45, 7) is -0.184. The van der Waals surface area contributed by atoms with Crippen LogP contribution in [0.3, 0.4) is 0 Å². The van der Waals surface area contributed by atoms with E-state index >= 15 is 0 Å². The molecular formula is C16H18F4N4. The van der Waals surface area contributed by atoms with Crippen molar-refractivity contribution < 1.29 is 17.6 Å². The lowest BCUT2D eigenvalue weighted by Gasteiger charge is -2.23. The van der Waals surface area contributed by atoms with Crippen molar-refractivity contribution in [2.24, 2.45) is 0 Å². The maximum Gasteiger partial charge on any atom is 0.401 e. The monoisotopic (exact) mass is 342 g/mol. The number of aromatic nitrogens is 2. The molecule has 0 radical (unpaired) electrons. The molecule has 1 aliphatic rings.